The maximum absolute atomic E-state index is 13.0. The third-order valence-electron chi connectivity index (χ3n) is 4.86. The number of hydrogen-bond donors (Lipinski definition) is 2. The summed E-state index contributed by atoms with van der Waals surface area (Å²) in [5.74, 6) is -0.265. The second kappa shape index (κ2) is 7.11. The quantitative estimate of drug-likeness (QED) is 0.741. The molecule has 3 amide bonds. The Morgan fingerprint density at radius 2 is 2.19 bits per heavy atom. The Bertz CT molecular complexity index is 804. The number of hydrogen-bond acceptors (Lipinski definition) is 6. The van der Waals surface area contributed by atoms with Gasteiger partial charge in [-0.05, 0) is 42.2 Å². The number of aryl methyl sites for hydroxylation is 1. The summed E-state index contributed by atoms with van der Waals surface area (Å²) in [4.78, 5) is 28.8. The lowest BCUT2D eigenvalue weighted by Crippen LogP contribution is -2.46. The molecule has 0 bridgehead atoms. The summed E-state index contributed by atoms with van der Waals surface area (Å²) >= 11 is 3.21. The number of nitrogens with one attached hydrogen (secondary N) is 1. The molecule has 1 fully saturated rings. The molecule has 4 rings (SSSR count). The topological polar surface area (TPSA) is 78.9 Å². The van der Waals surface area contributed by atoms with Gasteiger partial charge in [0, 0.05) is 15.3 Å². The lowest BCUT2D eigenvalue weighted by molar-refractivity contribution is -0.133. The average molecular weight is 393 g/mol. The number of carbonyl (C=O) groups is 2. The number of fused-ring (bicyclic) bond motifs is 2. The summed E-state index contributed by atoms with van der Waals surface area (Å²) in [6.45, 7) is 0.430. The van der Waals surface area contributed by atoms with Gasteiger partial charge < -0.3 is 15.2 Å². The molecule has 1 saturated heterocycles. The number of nitrogens with zero attached hydrogens (tertiary/aromatic N) is 1. The number of aliphatic hydroxyl groups is 1. The van der Waals surface area contributed by atoms with Crippen LogP contribution in [0.15, 0.2) is 29.0 Å². The molecule has 3 heterocycles. The summed E-state index contributed by atoms with van der Waals surface area (Å²) in [7, 11) is 0. The van der Waals surface area contributed by atoms with Gasteiger partial charge in [0.1, 0.15) is 5.54 Å². The number of imide groups is 1. The monoisotopic (exact) mass is 392 g/mol. The highest BCUT2D eigenvalue weighted by molar-refractivity contribution is 7.10. The van der Waals surface area contributed by atoms with Crippen LogP contribution in [0.25, 0.3) is 0 Å². The number of amides is 3. The molecule has 8 heteroatoms. The van der Waals surface area contributed by atoms with E-state index in [-0.39, 0.29) is 19.1 Å². The molecule has 1 spiro atoms. The van der Waals surface area contributed by atoms with E-state index in [0.717, 1.165) is 33.1 Å². The first-order valence-electron chi connectivity index (χ1n) is 8.59. The Morgan fingerprint density at radius 3 is 3.00 bits per heavy atom. The van der Waals surface area contributed by atoms with Crippen molar-refractivity contribution in [1.29, 1.82) is 0 Å². The molecule has 0 unspecified atom stereocenters. The predicted octanol–water partition coefficient (Wildman–Crippen LogP) is 2.47. The summed E-state index contributed by atoms with van der Waals surface area (Å²) in [6.07, 6.45) is 1.49. The zero-order valence-corrected chi connectivity index (χ0v) is 15.8. The van der Waals surface area contributed by atoms with E-state index in [9.17, 15) is 14.7 Å². The van der Waals surface area contributed by atoms with Gasteiger partial charge in [0.2, 0.25) is 0 Å². The van der Waals surface area contributed by atoms with Gasteiger partial charge in [0.25, 0.3) is 5.91 Å². The molecule has 2 aromatic heterocycles. The fraction of sp³-hybridized carbons (Fsp3) is 0.444. The molecule has 2 aliphatic rings. The van der Waals surface area contributed by atoms with E-state index in [1.54, 1.807) is 22.7 Å². The Kier molecular flexibility index (Phi) is 4.83. The highest BCUT2D eigenvalue weighted by Crippen LogP contribution is 2.42. The standard InChI is InChI=1S/C18H20N2O4S2/c21-12(10-24-11-13-3-2-7-25-13)9-20-16(22)18(19-17(20)23)6-1-4-15-14(18)5-8-26-15/h2-3,5,7-8,12,21H,1,4,6,9-11H2,(H,19,23)/t12-,18+/m1/s1. The second-order valence-electron chi connectivity index (χ2n) is 6.61. The van der Waals surface area contributed by atoms with E-state index < -0.39 is 17.7 Å². The van der Waals surface area contributed by atoms with Gasteiger partial charge in [-0.2, -0.15) is 0 Å². The molecule has 138 valence electrons. The SMILES string of the molecule is O=C1N[C@]2(CCCc3sccc32)C(=O)N1C[C@@H](O)COCc1cccs1. The number of thiophene rings is 2. The predicted molar refractivity (Wildman–Crippen MR) is 99.2 cm³/mol. The van der Waals surface area contributed by atoms with Crippen molar-refractivity contribution in [3.05, 3.63) is 44.3 Å². The lowest BCUT2D eigenvalue weighted by atomic mass is 9.80. The first-order valence-corrected chi connectivity index (χ1v) is 10.4. The largest absolute Gasteiger partial charge is 0.389 e. The first kappa shape index (κ1) is 17.7. The molecule has 2 N–H and O–H groups in total. The van der Waals surface area contributed by atoms with E-state index >= 15 is 0 Å². The summed E-state index contributed by atoms with van der Waals surface area (Å²) in [5, 5.41) is 17.0. The van der Waals surface area contributed by atoms with E-state index in [4.69, 9.17) is 4.74 Å². The Morgan fingerprint density at radius 1 is 1.31 bits per heavy atom. The molecule has 0 saturated carbocycles. The normalized spacial score (nSPS) is 23.3. The van der Waals surface area contributed by atoms with Crippen LogP contribution in [0.5, 0.6) is 0 Å². The van der Waals surface area contributed by atoms with Gasteiger partial charge in [0.15, 0.2) is 0 Å². The first-order chi connectivity index (χ1) is 12.6. The number of rotatable bonds is 6. The Balaban J connectivity index is 1.40. The fourth-order valence-electron chi connectivity index (χ4n) is 3.66. The zero-order valence-electron chi connectivity index (χ0n) is 14.1. The van der Waals surface area contributed by atoms with Crippen LogP contribution in [0.1, 0.15) is 28.2 Å². The second-order valence-corrected chi connectivity index (χ2v) is 8.64. The van der Waals surface area contributed by atoms with Gasteiger partial charge in [-0.1, -0.05) is 6.07 Å². The third-order valence-corrected chi connectivity index (χ3v) is 6.70. The molecule has 0 radical (unpaired) electrons. The van der Waals surface area contributed by atoms with Crippen LogP contribution in [-0.2, 0) is 28.1 Å². The molecular formula is C18H20N2O4S2. The van der Waals surface area contributed by atoms with Crippen molar-refractivity contribution in [1.82, 2.24) is 10.2 Å². The van der Waals surface area contributed by atoms with Crippen LogP contribution in [0.2, 0.25) is 0 Å². The lowest BCUT2D eigenvalue weighted by Gasteiger charge is -2.31. The minimum atomic E-state index is -0.956. The number of urea groups is 1. The van der Waals surface area contributed by atoms with E-state index in [1.165, 1.54) is 0 Å². The van der Waals surface area contributed by atoms with Crippen molar-refractivity contribution in [3.8, 4) is 0 Å². The van der Waals surface area contributed by atoms with Crippen molar-refractivity contribution in [3.63, 3.8) is 0 Å². The Hall–Kier alpha value is -1.74. The van der Waals surface area contributed by atoms with Gasteiger partial charge in [0.05, 0.1) is 25.9 Å². The average Bonchev–Trinajstić information content (AvgIpc) is 3.34. The van der Waals surface area contributed by atoms with Crippen LogP contribution in [-0.4, -0.2) is 41.2 Å². The van der Waals surface area contributed by atoms with Crippen molar-refractivity contribution in [2.24, 2.45) is 0 Å². The van der Waals surface area contributed by atoms with Gasteiger partial charge in [-0.15, -0.1) is 22.7 Å². The van der Waals surface area contributed by atoms with Gasteiger partial charge in [-0.3, -0.25) is 9.69 Å². The third kappa shape index (κ3) is 3.07. The number of ether oxygens (including phenoxy) is 1. The highest BCUT2D eigenvalue weighted by Gasteiger charge is 2.54. The Labute approximate surface area is 159 Å². The van der Waals surface area contributed by atoms with Crippen LogP contribution >= 0.6 is 22.7 Å². The van der Waals surface area contributed by atoms with E-state index in [0.29, 0.717) is 13.0 Å². The number of carbonyl (C=O) groups excluding carboxylic acids is 2. The minimum Gasteiger partial charge on any atom is -0.389 e. The number of β-amino-alcohol motifs (C(OH)–C–C–N with tert-alkyl or cyclic N) is 1. The van der Waals surface area contributed by atoms with Gasteiger partial charge >= 0.3 is 6.03 Å². The smallest absolute Gasteiger partial charge is 0.325 e. The molecular weight excluding hydrogens is 372 g/mol. The zero-order chi connectivity index (χ0) is 18.1. The van der Waals surface area contributed by atoms with Crippen molar-refractivity contribution in [2.75, 3.05) is 13.2 Å². The van der Waals surface area contributed by atoms with Crippen molar-refractivity contribution < 1.29 is 19.4 Å². The molecule has 1 aliphatic heterocycles. The summed E-state index contributed by atoms with van der Waals surface area (Å²) in [6, 6.07) is 5.39. The minimum absolute atomic E-state index is 0.0592. The van der Waals surface area contributed by atoms with Gasteiger partial charge in [-0.25, -0.2) is 4.79 Å². The fourth-order valence-corrected chi connectivity index (χ4v) is 5.30. The highest BCUT2D eigenvalue weighted by atomic mass is 32.1. The maximum Gasteiger partial charge on any atom is 0.325 e. The molecule has 6 nitrogen and oxygen atoms in total. The number of aliphatic hydroxyl groups excluding tert-OH is 1. The van der Waals surface area contributed by atoms with Crippen LogP contribution in [0.3, 0.4) is 0 Å². The summed E-state index contributed by atoms with van der Waals surface area (Å²) < 4.78 is 5.49. The van der Waals surface area contributed by atoms with E-state index in [1.807, 2.05) is 29.0 Å². The molecule has 1 aliphatic carbocycles. The molecule has 26 heavy (non-hydrogen) atoms. The van der Waals surface area contributed by atoms with Crippen LogP contribution in [0, 0.1) is 0 Å². The molecule has 2 atom stereocenters. The molecule has 0 aromatic carbocycles. The summed E-state index contributed by atoms with van der Waals surface area (Å²) in [5.41, 5.74) is -0.0413. The van der Waals surface area contributed by atoms with Crippen LogP contribution < -0.4 is 5.32 Å². The van der Waals surface area contributed by atoms with Crippen molar-refractivity contribution >= 4 is 34.6 Å². The van der Waals surface area contributed by atoms with E-state index in [2.05, 4.69) is 5.32 Å². The van der Waals surface area contributed by atoms with Crippen LogP contribution in [0.4, 0.5) is 4.79 Å². The molecule has 2 aromatic rings. The van der Waals surface area contributed by atoms with Crippen molar-refractivity contribution in [2.45, 2.75) is 37.5 Å². The maximum atomic E-state index is 13.0.